The molecule has 0 bridgehead atoms. The van der Waals surface area contributed by atoms with Crippen molar-refractivity contribution in [1.82, 2.24) is 4.90 Å². The lowest BCUT2D eigenvalue weighted by molar-refractivity contribution is -0.153. The van der Waals surface area contributed by atoms with E-state index in [1.165, 1.54) is 18.2 Å². The van der Waals surface area contributed by atoms with Gasteiger partial charge in [0.2, 0.25) is 0 Å². The molecule has 1 fully saturated rings. The first kappa shape index (κ1) is 16.5. The molecule has 1 saturated heterocycles. The number of hydrogen-bond donors (Lipinski definition) is 1. The highest BCUT2D eigenvalue weighted by molar-refractivity contribution is 5.95. The molecule has 4 nitrogen and oxygen atoms in total. The monoisotopic (exact) mass is 316 g/mol. The lowest BCUT2D eigenvalue weighted by Gasteiger charge is -2.30. The molecule has 22 heavy (non-hydrogen) atoms. The number of piperidine rings is 1. The van der Waals surface area contributed by atoms with E-state index in [9.17, 15) is 18.0 Å². The number of alkyl halides is 3. The van der Waals surface area contributed by atoms with Crippen molar-refractivity contribution in [1.29, 1.82) is 0 Å². The van der Waals surface area contributed by atoms with Gasteiger partial charge in [-0.05, 0) is 37.0 Å². The van der Waals surface area contributed by atoms with Gasteiger partial charge in [-0.1, -0.05) is 6.92 Å². The standard InChI is InChI=1S/C15H19F3N2O2/c1-10-4-6-20(7-5-10)14(21)11-2-3-13(12(19)8-11)22-9-15(16,17)18/h2-3,8,10H,4-7,9,19H2,1H3. The fourth-order valence-electron chi connectivity index (χ4n) is 2.37. The zero-order valence-corrected chi connectivity index (χ0v) is 12.3. The van der Waals surface area contributed by atoms with Gasteiger partial charge < -0.3 is 15.4 Å². The summed E-state index contributed by atoms with van der Waals surface area (Å²) in [6.07, 6.45) is -2.52. The summed E-state index contributed by atoms with van der Waals surface area (Å²) in [6, 6.07) is 4.12. The van der Waals surface area contributed by atoms with Crippen molar-refractivity contribution in [2.75, 3.05) is 25.4 Å². The highest BCUT2D eigenvalue weighted by Gasteiger charge is 2.29. The van der Waals surface area contributed by atoms with Crippen LogP contribution < -0.4 is 10.5 Å². The Morgan fingerprint density at radius 1 is 1.36 bits per heavy atom. The van der Waals surface area contributed by atoms with Gasteiger partial charge in [0.1, 0.15) is 5.75 Å². The molecule has 1 heterocycles. The first-order valence-electron chi connectivity index (χ1n) is 7.14. The van der Waals surface area contributed by atoms with Gasteiger partial charge in [-0.25, -0.2) is 0 Å². The molecule has 0 spiro atoms. The SMILES string of the molecule is CC1CCN(C(=O)c2ccc(OCC(F)(F)F)c(N)c2)CC1. The number of halogens is 3. The second-order valence-corrected chi connectivity index (χ2v) is 5.63. The van der Waals surface area contributed by atoms with E-state index in [-0.39, 0.29) is 17.3 Å². The van der Waals surface area contributed by atoms with Crippen LogP contribution in [0.1, 0.15) is 30.1 Å². The molecule has 0 atom stereocenters. The molecule has 7 heteroatoms. The summed E-state index contributed by atoms with van der Waals surface area (Å²) in [5, 5.41) is 0. The third-order valence-corrected chi connectivity index (χ3v) is 3.72. The van der Waals surface area contributed by atoms with E-state index in [0.29, 0.717) is 24.6 Å². The average Bonchev–Trinajstić information content (AvgIpc) is 2.45. The van der Waals surface area contributed by atoms with Crippen LogP contribution in [0.4, 0.5) is 18.9 Å². The second kappa shape index (κ2) is 6.46. The summed E-state index contributed by atoms with van der Waals surface area (Å²) < 4.78 is 41.0. The summed E-state index contributed by atoms with van der Waals surface area (Å²) in [6.45, 7) is 2.11. The van der Waals surface area contributed by atoms with Crippen LogP contribution in [0.5, 0.6) is 5.75 Å². The van der Waals surface area contributed by atoms with Gasteiger partial charge in [0.05, 0.1) is 5.69 Å². The number of ether oxygens (including phenoxy) is 1. The third-order valence-electron chi connectivity index (χ3n) is 3.72. The quantitative estimate of drug-likeness (QED) is 0.872. The molecule has 0 saturated carbocycles. The molecule has 1 aliphatic heterocycles. The Hall–Kier alpha value is -1.92. The molecular formula is C15H19F3N2O2. The number of amides is 1. The Balaban J connectivity index is 2.03. The van der Waals surface area contributed by atoms with Gasteiger partial charge >= 0.3 is 6.18 Å². The minimum atomic E-state index is -4.43. The van der Waals surface area contributed by atoms with Gasteiger partial charge in [-0.15, -0.1) is 0 Å². The Morgan fingerprint density at radius 3 is 2.55 bits per heavy atom. The summed E-state index contributed by atoms with van der Waals surface area (Å²) in [4.78, 5) is 14.1. The maximum atomic E-state index is 12.3. The summed E-state index contributed by atoms with van der Waals surface area (Å²) in [5.74, 6) is 0.384. The van der Waals surface area contributed by atoms with Crippen molar-refractivity contribution in [2.24, 2.45) is 5.92 Å². The molecule has 1 aliphatic rings. The van der Waals surface area contributed by atoms with Crippen LogP contribution in [0.25, 0.3) is 0 Å². The average molecular weight is 316 g/mol. The number of anilines is 1. The first-order chi connectivity index (χ1) is 10.3. The molecule has 1 aromatic rings. The van der Waals surface area contributed by atoms with Crippen molar-refractivity contribution in [3.05, 3.63) is 23.8 Å². The number of nitrogen functional groups attached to an aromatic ring is 1. The third kappa shape index (κ3) is 4.29. The van der Waals surface area contributed by atoms with Crippen LogP contribution in [0, 0.1) is 5.92 Å². The highest BCUT2D eigenvalue weighted by Crippen LogP contribution is 2.26. The normalized spacial score (nSPS) is 16.6. The topological polar surface area (TPSA) is 55.6 Å². The zero-order chi connectivity index (χ0) is 16.3. The molecule has 2 N–H and O–H groups in total. The van der Waals surface area contributed by atoms with Gasteiger partial charge in [0.25, 0.3) is 5.91 Å². The van der Waals surface area contributed by atoms with E-state index >= 15 is 0 Å². The van der Waals surface area contributed by atoms with Crippen LogP contribution in [-0.4, -0.2) is 36.7 Å². The number of benzene rings is 1. The van der Waals surface area contributed by atoms with Crippen LogP contribution in [0.15, 0.2) is 18.2 Å². The molecule has 2 rings (SSSR count). The maximum absolute atomic E-state index is 12.3. The Morgan fingerprint density at radius 2 is 2.00 bits per heavy atom. The molecule has 122 valence electrons. The van der Waals surface area contributed by atoms with E-state index in [0.717, 1.165) is 12.8 Å². The minimum Gasteiger partial charge on any atom is -0.482 e. The Bertz CT molecular complexity index is 538. The summed E-state index contributed by atoms with van der Waals surface area (Å²) in [7, 11) is 0. The van der Waals surface area contributed by atoms with Gasteiger partial charge in [-0.3, -0.25) is 4.79 Å². The smallest absolute Gasteiger partial charge is 0.422 e. The van der Waals surface area contributed by atoms with Crippen molar-refractivity contribution >= 4 is 11.6 Å². The van der Waals surface area contributed by atoms with E-state index in [1.807, 2.05) is 0 Å². The fourth-order valence-corrected chi connectivity index (χ4v) is 2.37. The second-order valence-electron chi connectivity index (χ2n) is 5.63. The lowest BCUT2D eigenvalue weighted by atomic mass is 9.98. The van der Waals surface area contributed by atoms with Gasteiger partial charge in [-0.2, -0.15) is 13.2 Å². The number of rotatable bonds is 3. The fraction of sp³-hybridized carbons (Fsp3) is 0.533. The maximum Gasteiger partial charge on any atom is 0.422 e. The van der Waals surface area contributed by atoms with E-state index < -0.39 is 12.8 Å². The van der Waals surface area contributed by atoms with Crippen molar-refractivity contribution in [2.45, 2.75) is 25.9 Å². The number of carbonyl (C=O) groups is 1. The van der Waals surface area contributed by atoms with Crippen molar-refractivity contribution in [3.8, 4) is 5.75 Å². The number of carbonyl (C=O) groups excluding carboxylic acids is 1. The first-order valence-corrected chi connectivity index (χ1v) is 7.14. The number of nitrogens with two attached hydrogens (primary N) is 1. The lowest BCUT2D eigenvalue weighted by Crippen LogP contribution is -2.37. The zero-order valence-electron chi connectivity index (χ0n) is 12.3. The predicted molar refractivity (Wildman–Crippen MR) is 76.7 cm³/mol. The molecule has 0 radical (unpaired) electrons. The molecular weight excluding hydrogens is 297 g/mol. The van der Waals surface area contributed by atoms with Crippen molar-refractivity contribution < 1.29 is 22.7 Å². The minimum absolute atomic E-state index is 0.0282. The van der Waals surface area contributed by atoms with Crippen LogP contribution in [-0.2, 0) is 0 Å². The van der Waals surface area contributed by atoms with Crippen molar-refractivity contribution in [3.63, 3.8) is 0 Å². The van der Waals surface area contributed by atoms with E-state index in [4.69, 9.17) is 5.73 Å². The largest absolute Gasteiger partial charge is 0.482 e. The Labute approximate surface area is 127 Å². The molecule has 1 aromatic carbocycles. The number of nitrogens with zero attached hydrogens (tertiary/aromatic N) is 1. The van der Waals surface area contributed by atoms with Crippen LogP contribution in [0.3, 0.4) is 0 Å². The molecule has 0 unspecified atom stereocenters. The number of hydrogen-bond acceptors (Lipinski definition) is 3. The molecule has 0 aromatic heterocycles. The predicted octanol–water partition coefficient (Wildman–Crippen LogP) is 3.08. The van der Waals surface area contributed by atoms with E-state index in [2.05, 4.69) is 11.7 Å². The number of likely N-dealkylation sites (tertiary alicyclic amines) is 1. The van der Waals surface area contributed by atoms with Crippen LogP contribution >= 0.6 is 0 Å². The van der Waals surface area contributed by atoms with Crippen LogP contribution in [0.2, 0.25) is 0 Å². The molecule has 1 amide bonds. The summed E-state index contributed by atoms with van der Waals surface area (Å²) >= 11 is 0. The van der Waals surface area contributed by atoms with Gasteiger partial charge in [0, 0.05) is 18.7 Å². The van der Waals surface area contributed by atoms with Gasteiger partial charge in [0.15, 0.2) is 6.61 Å². The summed E-state index contributed by atoms with van der Waals surface area (Å²) in [5.41, 5.74) is 6.07. The Kier molecular flexibility index (Phi) is 4.83. The highest BCUT2D eigenvalue weighted by atomic mass is 19.4. The van der Waals surface area contributed by atoms with E-state index in [1.54, 1.807) is 4.90 Å². The molecule has 0 aliphatic carbocycles.